The van der Waals surface area contributed by atoms with Crippen molar-refractivity contribution in [1.29, 1.82) is 0 Å². The van der Waals surface area contributed by atoms with E-state index in [1.165, 1.54) is 7.11 Å². The molecule has 0 radical (unpaired) electrons. The zero-order valence-electron chi connectivity index (χ0n) is 18.7. The highest BCUT2D eigenvalue weighted by Gasteiger charge is 2.33. The second kappa shape index (κ2) is 9.78. The molecule has 0 saturated heterocycles. The van der Waals surface area contributed by atoms with Gasteiger partial charge in [-0.25, -0.2) is 0 Å². The lowest BCUT2D eigenvalue weighted by molar-refractivity contribution is -0.113. The van der Waals surface area contributed by atoms with Crippen molar-refractivity contribution in [3.05, 3.63) is 53.2 Å². The number of benzene rings is 2. The third kappa shape index (κ3) is 4.57. The molecule has 3 rings (SSSR count). The van der Waals surface area contributed by atoms with Gasteiger partial charge in [0.05, 0.1) is 38.1 Å². The van der Waals surface area contributed by atoms with Crippen molar-refractivity contribution in [2.45, 2.75) is 19.9 Å². The minimum absolute atomic E-state index is 0.0268. The predicted octanol–water partition coefficient (Wildman–Crippen LogP) is 3.58. The highest BCUT2D eigenvalue weighted by Crippen LogP contribution is 2.36. The molecule has 0 spiro atoms. The number of hydrogen-bond donors (Lipinski definition) is 3. The summed E-state index contributed by atoms with van der Waals surface area (Å²) in [6.45, 7) is 4.06. The number of anilines is 1. The van der Waals surface area contributed by atoms with Crippen LogP contribution < -0.4 is 24.8 Å². The van der Waals surface area contributed by atoms with Gasteiger partial charge in [0.2, 0.25) is 0 Å². The summed E-state index contributed by atoms with van der Waals surface area (Å²) in [5.74, 6) is 1.13. The number of ether oxygens (including phenoxy) is 3. The summed E-state index contributed by atoms with van der Waals surface area (Å²) in [5.41, 5.74) is 2.37. The van der Waals surface area contributed by atoms with E-state index in [4.69, 9.17) is 26.4 Å². The number of amides is 1. The van der Waals surface area contributed by atoms with Crippen molar-refractivity contribution >= 4 is 28.9 Å². The van der Waals surface area contributed by atoms with Gasteiger partial charge in [-0.2, -0.15) is 0 Å². The van der Waals surface area contributed by atoms with Crippen molar-refractivity contribution < 1.29 is 24.1 Å². The van der Waals surface area contributed by atoms with Gasteiger partial charge in [0.15, 0.2) is 16.6 Å². The van der Waals surface area contributed by atoms with Crippen LogP contribution in [0.1, 0.15) is 25.5 Å². The van der Waals surface area contributed by atoms with Crippen LogP contribution in [0.3, 0.4) is 0 Å². The van der Waals surface area contributed by atoms with Crippen LogP contribution in [0.2, 0.25) is 0 Å². The number of phenols is 1. The molecule has 170 valence electrons. The fourth-order valence-corrected chi connectivity index (χ4v) is 3.72. The number of aromatic hydroxyl groups is 1. The van der Waals surface area contributed by atoms with Gasteiger partial charge < -0.3 is 34.9 Å². The number of carbonyl (C=O) groups excluding carboxylic acids is 1. The van der Waals surface area contributed by atoms with Gasteiger partial charge >= 0.3 is 0 Å². The molecule has 1 aliphatic rings. The Kier molecular flexibility index (Phi) is 7.09. The summed E-state index contributed by atoms with van der Waals surface area (Å²) >= 11 is 5.47. The van der Waals surface area contributed by atoms with Crippen LogP contribution in [-0.4, -0.2) is 48.9 Å². The Balaban J connectivity index is 2.04. The molecule has 1 heterocycles. The lowest BCUT2D eigenvalue weighted by atomic mass is 9.94. The number of thiocarbonyl (C=S) groups is 1. The lowest BCUT2D eigenvalue weighted by Gasteiger charge is -2.36. The van der Waals surface area contributed by atoms with Gasteiger partial charge in [-0.3, -0.25) is 4.79 Å². The molecule has 2 aromatic carbocycles. The summed E-state index contributed by atoms with van der Waals surface area (Å²) in [5, 5.41) is 16.7. The first-order valence-electron chi connectivity index (χ1n) is 10.0. The van der Waals surface area contributed by atoms with Crippen molar-refractivity contribution in [3.63, 3.8) is 0 Å². The molecule has 0 fully saturated rings. The average molecular weight is 458 g/mol. The maximum atomic E-state index is 13.5. The number of phenolic OH excluding ortho intramolecular Hbond substituents is 1. The molecule has 1 aliphatic heterocycles. The van der Waals surface area contributed by atoms with Gasteiger partial charge in [-0.15, -0.1) is 0 Å². The van der Waals surface area contributed by atoms with Crippen LogP contribution in [0.25, 0.3) is 0 Å². The minimum atomic E-state index is -0.546. The number of allylic oxidation sites excluding steroid dienone is 1. The first kappa shape index (κ1) is 23.2. The van der Waals surface area contributed by atoms with Crippen LogP contribution in [0, 0.1) is 0 Å². The Labute approximate surface area is 192 Å². The van der Waals surface area contributed by atoms with Crippen LogP contribution in [0.5, 0.6) is 23.0 Å². The molecule has 1 unspecified atom stereocenters. The molecule has 9 heteroatoms. The number of nitrogens with one attached hydrogen (secondary N) is 2. The molecule has 8 nitrogen and oxygen atoms in total. The van der Waals surface area contributed by atoms with E-state index < -0.39 is 6.04 Å². The van der Waals surface area contributed by atoms with Crippen LogP contribution >= 0.6 is 12.2 Å². The lowest BCUT2D eigenvalue weighted by Crippen LogP contribution is -2.46. The maximum absolute atomic E-state index is 13.5. The average Bonchev–Trinajstić information content (AvgIpc) is 2.78. The number of rotatable bonds is 7. The van der Waals surface area contributed by atoms with Gasteiger partial charge in [0, 0.05) is 18.8 Å². The van der Waals surface area contributed by atoms with Gasteiger partial charge in [0.1, 0.15) is 11.5 Å². The van der Waals surface area contributed by atoms with Gasteiger partial charge in [-0.1, -0.05) is 6.07 Å². The topological polar surface area (TPSA) is 92.3 Å². The second-order valence-corrected chi connectivity index (χ2v) is 7.51. The fraction of sp³-hybridized carbons (Fsp3) is 0.304. The molecule has 0 aromatic heterocycles. The van der Waals surface area contributed by atoms with Crippen LogP contribution in [-0.2, 0) is 4.79 Å². The van der Waals surface area contributed by atoms with E-state index in [0.717, 1.165) is 5.56 Å². The summed E-state index contributed by atoms with van der Waals surface area (Å²) in [6.07, 6.45) is 0. The van der Waals surface area contributed by atoms with Crippen molar-refractivity contribution in [3.8, 4) is 23.0 Å². The van der Waals surface area contributed by atoms with Crippen LogP contribution in [0.4, 0.5) is 5.69 Å². The Morgan fingerprint density at radius 3 is 2.59 bits per heavy atom. The summed E-state index contributed by atoms with van der Waals surface area (Å²) in [4.78, 5) is 15.2. The maximum Gasteiger partial charge on any atom is 0.255 e. The highest BCUT2D eigenvalue weighted by atomic mass is 32.1. The molecule has 1 atom stereocenters. The second-order valence-electron chi connectivity index (χ2n) is 7.12. The van der Waals surface area contributed by atoms with Gasteiger partial charge in [0.25, 0.3) is 5.91 Å². The largest absolute Gasteiger partial charge is 0.504 e. The first-order chi connectivity index (χ1) is 15.3. The Morgan fingerprint density at radius 2 is 1.94 bits per heavy atom. The van der Waals surface area contributed by atoms with E-state index in [0.29, 0.717) is 45.9 Å². The number of hydrogen-bond acceptors (Lipinski definition) is 6. The Morgan fingerprint density at radius 1 is 1.19 bits per heavy atom. The number of nitrogens with zero attached hydrogens (tertiary/aromatic N) is 1. The smallest absolute Gasteiger partial charge is 0.255 e. The molecule has 0 saturated carbocycles. The predicted molar refractivity (Wildman–Crippen MR) is 126 cm³/mol. The van der Waals surface area contributed by atoms with Crippen molar-refractivity contribution in [2.24, 2.45) is 0 Å². The third-order valence-corrected chi connectivity index (χ3v) is 5.66. The normalized spacial score (nSPS) is 15.8. The summed E-state index contributed by atoms with van der Waals surface area (Å²) < 4.78 is 16.2. The molecular formula is C23H27N3O5S. The highest BCUT2D eigenvalue weighted by molar-refractivity contribution is 7.80. The number of methoxy groups -OCH3 is 2. The monoisotopic (exact) mass is 457 g/mol. The minimum Gasteiger partial charge on any atom is -0.504 e. The molecular weight excluding hydrogens is 430 g/mol. The molecule has 2 aromatic rings. The molecule has 1 amide bonds. The van der Waals surface area contributed by atoms with E-state index in [2.05, 4.69) is 10.6 Å². The molecule has 3 N–H and O–H groups in total. The Bertz CT molecular complexity index is 1070. The van der Waals surface area contributed by atoms with Crippen molar-refractivity contribution in [1.82, 2.24) is 10.2 Å². The summed E-state index contributed by atoms with van der Waals surface area (Å²) in [6, 6.07) is 9.60. The Hall–Kier alpha value is -3.46. The van der Waals surface area contributed by atoms with E-state index in [9.17, 15) is 9.90 Å². The van der Waals surface area contributed by atoms with E-state index in [1.807, 2.05) is 13.8 Å². The number of carbonyl (C=O) groups is 1. The standard InChI is InChI=1S/C23H27N3O5S/c1-6-31-19-11-14(7-9-17(19)27)21-20(13(2)26(3)23(32)25-21)22(28)24-16-12-15(29-4)8-10-18(16)30-5/h7-12,21,27H,6H2,1-5H3,(H,24,28)(H,25,32). The van der Waals surface area contributed by atoms with E-state index in [1.54, 1.807) is 55.5 Å². The molecule has 0 bridgehead atoms. The van der Waals surface area contributed by atoms with E-state index in [-0.39, 0.29) is 11.7 Å². The first-order valence-corrected chi connectivity index (χ1v) is 10.5. The SMILES string of the molecule is CCOc1cc(C2NC(=S)N(C)C(C)=C2C(=O)Nc2cc(OC)ccc2OC)ccc1O. The molecule has 0 aliphatic carbocycles. The van der Waals surface area contributed by atoms with Crippen LogP contribution in [0.15, 0.2) is 47.7 Å². The molecule has 32 heavy (non-hydrogen) atoms. The zero-order chi connectivity index (χ0) is 23.4. The fourth-order valence-electron chi connectivity index (χ4n) is 3.46. The third-order valence-electron chi connectivity index (χ3n) is 5.27. The zero-order valence-corrected chi connectivity index (χ0v) is 19.5. The van der Waals surface area contributed by atoms with Crippen molar-refractivity contribution in [2.75, 3.05) is 33.2 Å². The van der Waals surface area contributed by atoms with E-state index >= 15 is 0 Å². The summed E-state index contributed by atoms with van der Waals surface area (Å²) in [7, 11) is 4.88. The quantitative estimate of drug-likeness (QED) is 0.544. The van der Waals surface area contributed by atoms with Gasteiger partial charge in [-0.05, 0) is 55.9 Å².